The lowest BCUT2D eigenvalue weighted by Crippen LogP contribution is -2.13. The molecule has 3 heteroatoms. The van der Waals surface area contributed by atoms with Crippen LogP contribution in [0, 0.1) is 6.92 Å². The topological polar surface area (TPSA) is 26.2 Å². The Labute approximate surface area is 134 Å². The van der Waals surface area contributed by atoms with Crippen LogP contribution < -0.4 is 10.1 Å². The van der Waals surface area contributed by atoms with E-state index in [9.17, 15) is 0 Å². The summed E-state index contributed by atoms with van der Waals surface area (Å²) in [4.78, 5) is 0. The van der Waals surface area contributed by atoms with Crippen LogP contribution in [-0.4, -0.2) is 17.2 Å². The highest BCUT2D eigenvalue weighted by Gasteiger charge is 2.14. The molecule has 3 nitrogen and oxygen atoms in total. The maximum atomic E-state index is 6.01. The van der Waals surface area contributed by atoms with E-state index in [2.05, 4.69) is 62.7 Å². The Balaban J connectivity index is 2.47. The predicted molar refractivity (Wildman–Crippen MR) is 94.7 cm³/mol. The van der Waals surface area contributed by atoms with Crippen LogP contribution in [0.15, 0.2) is 18.2 Å². The molecule has 0 spiro atoms. The van der Waals surface area contributed by atoms with Crippen LogP contribution in [0.2, 0.25) is 0 Å². The lowest BCUT2D eigenvalue weighted by molar-refractivity contribution is 0.217. The van der Waals surface area contributed by atoms with E-state index < -0.39 is 0 Å². The Hall–Kier alpha value is -1.48. The largest absolute Gasteiger partial charge is 0.491 e. The van der Waals surface area contributed by atoms with Crippen LogP contribution in [0.4, 0.5) is 0 Å². The van der Waals surface area contributed by atoms with Crippen molar-refractivity contribution < 1.29 is 4.74 Å². The zero-order valence-corrected chi connectivity index (χ0v) is 14.7. The average Bonchev–Trinajstić information content (AvgIpc) is 2.77. The Kier molecular flexibility index (Phi) is 5.90. The van der Waals surface area contributed by atoms with Gasteiger partial charge in [0.05, 0.1) is 6.10 Å². The summed E-state index contributed by atoms with van der Waals surface area (Å²) in [7, 11) is 0. The van der Waals surface area contributed by atoms with E-state index in [-0.39, 0.29) is 6.10 Å². The second kappa shape index (κ2) is 7.68. The highest BCUT2D eigenvalue weighted by atomic mass is 16.5. The van der Waals surface area contributed by atoms with Crippen molar-refractivity contribution in [1.29, 1.82) is 0 Å². The van der Waals surface area contributed by atoms with Gasteiger partial charge in [0.2, 0.25) is 0 Å². The Morgan fingerprint density at radius 2 is 2.00 bits per heavy atom. The van der Waals surface area contributed by atoms with Gasteiger partial charge in [-0.25, -0.2) is 0 Å². The zero-order chi connectivity index (χ0) is 16.1. The summed E-state index contributed by atoms with van der Waals surface area (Å²) >= 11 is 0. The van der Waals surface area contributed by atoms with Crippen molar-refractivity contribution >= 4 is 10.9 Å². The molecule has 22 heavy (non-hydrogen) atoms. The first-order chi connectivity index (χ1) is 10.6. The fraction of sp³-hybridized carbons (Fsp3) is 0.579. The molecule has 0 radical (unpaired) electrons. The molecule has 0 amide bonds. The van der Waals surface area contributed by atoms with Crippen LogP contribution >= 0.6 is 0 Å². The van der Waals surface area contributed by atoms with Gasteiger partial charge in [-0.2, -0.15) is 0 Å². The summed E-state index contributed by atoms with van der Waals surface area (Å²) in [6.45, 7) is 13.9. The molecule has 0 bridgehead atoms. The second-order valence-corrected chi connectivity index (χ2v) is 6.01. The molecule has 0 aliphatic heterocycles. The van der Waals surface area contributed by atoms with Crippen LogP contribution in [0.25, 0.3) is 10.9 Å². The number of hydrogen-bond acceptors (Lipinski definition) is 2. The minimum atomic E-state index is 0.258. The van der Waals surface area contributed by atoms with Gasteiger partial charge in [0.15, 0.2) is 0 Å². The quantitative estimate of drug-likeness (QED) is 0.768. The molecule has 1 N–H and O–H groups in total. The minimum absolute atomic E-state index is 0.258. The van der Waals surface area contributed by atoms with E-state index in [0.29, 0.717) is 0 Å². The summed E-state index contributed by atoms with van der Waals surface area (Å²) in [5, 5.41) is 4.80. The highest BCUT2D eigenvalue weighted by molar-refractivity contribution is 5.87. The van der Waals surface area contributed by atoms with E-state index in [1.54, 1.807) is 0 Å². The Morgan fingerprint density at radius 1 is 1.23 bits per heavy atom. The number of nitrogens with one attached hydrogen (secondary N) is 1. The van der Waals surface area contributed by atoms with Crippen molar-refractivity contribution in [3.8, 4) is 5.75 Å². The summed E-state index contributed by atoms with van der Waals surface area (Å²) < 4.78 is 8.45. The fourth-order valence-corrected chi connectivity index (χ4v) is 2.90. The number of benzene rings is 1. The summed E-state index contributed by atoms with van der Waals surface area (Å²) in [5.74, 6) is 0.980. The van der Waals surface area contributed by atoms with Gasteiger partial charge >= 0.3 is 0 Å². The fourth-order valence-electron chi connectivity index (χ4n) is 2.90. The van der Waals surface area contributed by atoms with Crippen molar-refractivity contribution in [3.05, 3.63) is 29.5 Å². The van der Waals surface area contributed by atoms with Crippen molar-refractivity contribution in [2.45, 2.75) is 66.7 Å². The summed E-state index contributed by atoms with van der Waals surface area (Å²) in [6, 6.07) is 6.54. The minimum Gasteiger partial charge on any atom is -0.491 e. The molecular formula is C19H30N2O. The molecule has 1 heterocycles. The average molecular weight is 302 g/mol. The lowest BCUT2D eigenvalue weighted by atomic mass is 10.1. The standard InChI is InChI=1S/C19H30N2O/c1-6-11-21-15(5)18(13-20-8-3)17-12-16(9-10-19(17)21)22-14(4)7-2/h9-10,12,14,20H,6-8,11,13H2,1-5H3. The van der Waals surface area contributed by atoms with Crippen molar-refractivity contribution in [3.63, 3.8) is 0 Å². The van der Waals surface area contributed by atoms with Crippen LogP contribution in [0.3, 0.4) is 0 Å². The first kappa shape index (κ1) is 16.9. The molecule has 0 fully saturated rings. The van der Waals surface area contributed by atoms with Gasteiger partial charge in [0.25, 0.3) is 0 Å². The number of rotatable bonds is 8. The molecule has 1 aromatic carbocycles. The normalized spacial score (nSPS) is 12.8. The molecule has 1 atom stereocenters. The number of fused-ring (bicyclic) bond motifs is 1. The molecule has 2 aromatic rings. The molecule has 0 aliphatic carbocycles. The second-order valence-electron chi connectivity index (χ2n) is 6.01. The molecule has 1 unspecified atom stereocenters. The first-order valence-electron chi connectivity index (χ1n) is 8.61. The predicted octanol–water partition coefficient (Wildman–Crippen LogP) is 4.65. The number of hydrogen-bond donors (Lipinski definition) is 1. The van der Waals surface area contributed by atoms with Gasteiger partial charge < -0.3 is 14.6 Å². The molecule has 2 rings (SSSR count). The molecule has 1 aromatic heterocycles. The van der Waals surface area contributed by atoms with E-state index in [4.69, 9.17) is 4.74 Å². The monoisotopic (exact) mass is 302 g/mol. The third kappa shape index (κ3) is 3.46. The summed E-state index contributed by atoms with van der Waals surface area (Å²) in [6.07, 6.45) is 2.43. The summed E-state index contributed by atoms with van der Waals surface area (Å²) in [5.41, 5.74) is 4.10. The van der Waals surface area contributed by atoms with Gasteiger partial charge in [-0.1, -0.05) is 20.8 Å². The van der Waals surface area contributed by atoms with Gasteiger partial charge in [0, 0.05) is 29.7 Å². The van der Waals surface area contributed by atoms with Crippen LogP contribution in [0.1, 0.15) is 51.8 Å². The molecule has 0 saturated heterocycles. The Bertz CT molecular complexity index is 615. The lowest BCUT2D eigenvalue weighted by Gasteiger charge is -2.13. The SMILES string of the molecule is CCCn1c(C)c(CNCC)c2cc(OC(C)CC)ccc21. The molecule has 122 valence electrons. The van der Waals surface area contributed by atoms with E-state index in [0.717, 1.165) is 38.2 Å². The zero-order valence-electron chi connectivity index (χ0n) is 14.7. The van der Waals surface area contributed by atoms with Crippen molar-refractivity contribution in [2.24, 2.45) is 0 Å². The number of aryl methyl sites for hydroxylation is 1. The van der Waals surface area contributed by atoms with Gasteiger partial charge in [-0.15, -0.1) is 0 Å². The number of nitrogens with zero attached hydrogens (tertiary/aromatic N) is 1. The van der Waals surface area contributed by atoms with Gasteiger partial charge in [-0.3, -0.25) is 0 Å². The maximum Gasteiger partial charge on any atom is 0.120 e. The van der Waals surface area contributed by atoms with Crippen molar-refractivity contribution in [1.82, 2.24) is 9.88 Å². The Morgan fingerprint density at radius 3 is 2.64 bits per heavy atom. The molecular weight excluding hydrogens is 272 g/mol. The smallest absolute Gasteiger partial charge is 0.120 e. The van der Waals surface area contributed by atoms with Crippen LogP contribution in [0.5, 0.6) is 5.75 Å². The van der Waals surface area contributed by atoms with Gasteiger partial charge in [-0.05, 0) is 57.0 Å². The highest BCUT2D eigenvalue weighted by Crippen LogP contribution is 2.30. The third-order valence-corrected chi connectivity index (χ3v) is 4.34. The number of ether oxygens (including phenoxy) is 1. The van der Waals surface area contributed by atoms with Gasteiger partial charge in [0.1, 0.15) is 5.75 Å². The third-order valence-electron chi connectivity index (χ3n) is 4.34. The molecule has 0 aliphatic rings. The van der Waals surface area contributed by atoms with E-state index in [1.807, 2.05) is 0 Å². The number of aromatic nitrogens is 1. The van der Waals surface area contributed by atoms with E-state index in [1.165, 1.54) is 22.2 Å². The maximum absolute atomic E-state index is 6.01. The molecule has 0 saturated carbocycles. The van der Waals surface area contributed by atoms with Crippen molar-refractivity contribution in [2.75, 3.05) is 6.54 Å². The van der Waals surface area contributed by atoms with Crippen LogP contribution in [-0.2, 0) is 13.1 Å². The first-order valence-corrected chi connectivity index (χ1v) is 8.61. The van der Waals surface area contributed by atoms with E-state index >= 15 is 0 Å².